The molecule has 0 bridgehead atoms. The first-order chi connectivity index (χ1) is 9.67. The number of ether oxygens (including phenoxy) is 1. The number of rotatable bonds is 5. The summed E-state index contributed by atoms with van der Waals surface area (Å²) >= 11 is 3.29. The van der Waals surface area contributed by atoms with E-state index in [0.717, 1.165) is 32.5 Å². The monoisotopic (exact) mass is 303 g/mol. The van der Waals surface area contributed by atoms with E-state index in [1.54, 1.807) is 30.6 Å². The molecular formula is C16H17NOS2. The van der Waals surface area contributed by atoms with Gasteiger partial charge in [-0.1, -0.05) is 18.7 Å². The predicted octanol–water partition coefficient (Wildman–Crippen LogP) is 4.60. The van der Waals surface area contributed by atoms with Crippen molar-refractivity contribution >= 4 is 29.1 Å². The molecule has 2 nitrogen and oxygen atoms in total. The Kier molecular flexibility index (Phi) is 5.15. The Morgan fingerprint density at radius 3 is 2.00 bits per heavy atom. The molecule has 0 aliphatic heterocycles. The van der Waals surface area contributed by atoms with E-state index < -0.39 is 0 Å². The Morgan fingerprint density at radius 2 is 1.55 bits per heavy atom. The first-order valence-electron chi connectivity index (χ1n) is 6.11. The van der Waals surface area contributed by atoms with Gasteiger partial charge in [-0.05, 0) is 53.5 Å². The van der Waals surface area contributed by atoms with Crippen LogP contribution in [0.3, 0.4) is 0 Å². The predicted molar refractivity (Wildman–Crippen MR) is 88.9 cm³/mol. The molecule has 2 rings (SSSR count). The molecule has 1 aromatic heterocycles. The van der Waals surface area contributed by atoms with Crippen LogP contribution in [0.15, 0.2) is 53.0 Å². The van der Waals surface area contributed by atoms with Crippen molar-refractivity contribution in [2.75, 3.05) is 19.6 Å². The largest absolute Gasteiger partial charge is 0.497 e. The van der Waals surface area contributed by atoms with Crippen LogP contribution in [0.4, 0.5) is 0 Å². The standard InChI is InChI=1S/C16H17NOS2/c1-11(12-5-7-14(18-2)8-6-12)13-9-15(19-3)17-16(10-13)20-4/h5-10H,1H2,2-4H3. The molecule has 0 saturated carbocycles. The average molecular weight is 303 g/mol. The van der Waals surface area contributed by atoms with E-state index >= 15 is 0 Å². The molecule has 0 N–H and O–H groups in total. The van der Waals surface area contributed by atoms with Gasteiger partial charge in [0.05, 0.1) is 17.2 Å². The van der Waals surface area contributed by atoms with Crippen LogP contribution in [0.5, 0.6) is 5.75 Å². The van der Waals surface area contributed by atoms with E-state index in [2.05, 4.69) is 23.7 Å². The van der Waals surface area contributed by atoms with Crippen LogP contribution in [0, 0.1) is 0 Å². The second kappa shape index (κ2) is 6.86. The van der Waals surface area contributed by atoms with Gasteiger partial charge in [0.25, 0.3) is 0 Å². The van der Waals surface area contributed by atoms with Gasteiger partial charge in [0, 0.05) is 0 Å². The van der Waals surface area contributed by atoms with E-state index in [0.29, 0.717) is 0 Å². The summed E-state index contributed by atoms with van der Waals surface area (Å²) < 4.78 is 5.18. The first kappa shape index (κ1) is 15.0. The maximum Gasteiger partial charge on any atom is 0.118 e. The Balaban J connectivity index is 2.36. The fraction of sp³-hybridized carbons (Fsp3) is 0.188. The summed E-state index contributed by atoms with van der Waals surface area (Å²) in [7, 11) is 1.67. The van der Waals surface area contributed by atoms with Gasteiger partial charge in [-0.15, -0.1) is 23.5 Å². The Hall–Kier alpha value is -1.39. The molecular weight excluding hydrogens is 286 g/mol. The number of aromatic nitrogens is 1. The molecule has 104 valence electrons. The number of thioether (sulfide) groups is 2. The summed E-state index contributed by atoms with van der Waals surface area (Å²) in [5.74, 6) is 0.853. The number of pyridine rings is 1. The van der Waals surface area contributed by atoms with E-state index in [9.17, 15) is 0 Å². The van der Waals surface area contributed by atoms with Crippen molar-refractivity contribution < 1.29 is 4.74 Å². The van der Waals surface area contributed by atoms with Crippen LogP contribution in [0.25, 0.3) is 5.57 Å². The fourth-order valence-corrected chi connectivity index (χ4v) is 2.75. The fourth-order valence-electron chi connectivity index (χ4n) is 1.82. The molecule has 0 saturated heterocycles. The quantitative estimate of drug-likeness (QED) is 0.753. The Morgan fingerprint density at radius 1 is 1.00 bits per heavy atom. The Bertz CT molecular complexity index is 586. The lowest BCUT2D eigenvalue weighted by Crippen LogP contribution is -1.91. The molecule has 0 unspecified atom stereocenters. The third kappa shape index (κ3) is 3.38. The smallest absolute Gasteiger partial charge is 0.118 e. The highest BCUT2D eigenvalue weighted by molar-refractivity contribution is 7.99. The molecule has 4 heteroatoms. The summed E-state index contributed by atoms with van der Waals surface area (Å²) in [6.45, 7) is 4.21. The van der Waals surface area contributed by atoms with E-state index in [1.807, 2.05) is 36.8 Å². The normalized spacial score (nSPS) is 10.3. The molecule has 0 amide bonds. The van der Waals surface area contributed by atoms with Gasteiger partial charge in [-0.25, -0.2) is 4.98 Å². The molecule has 1 aromatic carbocycles. The molecule has 0 spiro atoms. The van der Waals surface area contributed by atoms with E-state index in [-0.39, 0.29) is 0 Å². The molecule has 2 aromatic rings. The minimum atomic E-state index is 0.853. The van der Waals surface area contributed by atoms with Crippen molar-refractivity contribution in [3.05, 3.63) is 54.1 Å². The van der Waals surface area contributed by atoms with Gasteiger partial charge >= 0.3 is 0 Å². The summed E-state index contributed by atoms with van der Waals surface area (Å²) in [6.07, 6.45) is 4.07. The maximum atomic E-state index is 5.18. The molecule has 0 aliphatic carbocycles. The number of hydrogen-bond acceptors (Lipinski definition) is 4. The van der Waals surface area contributed by atoms with E-state index in [4.69, 9.17) is 4.74 Å². The van der Waals surface area contributed by atoms with Crippen molar-refractivity contribution in [2.24, 2.45) is 0 Å². The highest BCUT2D eigenvalue weighted by Gasteiger charge is 2.07. The SMILES string of the molecule is C=C(c1ccc(OC)cc1)c1cc(SC)nc(SC)c1. The van der Waals surface area contributed by atoms with Gasteiger partial charge < -0.3 is 4.74 Å². The lowest BCUT2D eigenvalue weighted by atomic mass is 10.0. The van der Waals surface area contributed by atoms with Crippen molar-refractivity contribution in [1.82, 2.24) is 4.98 Å². The third-order valence-corrected chi connectivity index (χ3v) is 4.24. The van der Waals surface area contributed by atoms with Crippen LogP contribution >= 0.6 is 23.5 Å². The zero-order chi connectivity index (χ0) is 14.5. The topological polar surface area (TPSA) is 22.1 Å². The summed E-state index contributed by atoms with van der Waals surface area (Å²) in [5, 5.41) is 2.03. The minimum absolute atomic E-state index is 0.853. The first-order valence-corrected chi connectivity index (χ1v) is 8.56. The van der Waals surface area contributed by atoms with Gasteiger partial charge in [0.2, 0.25) is 0 Å². The van der Waals surface area contributed by atoms with Crippen LogP contribution in [-0.4, -0.2) is 24.6 Å². The lowest BCUT2D eigenvalue weighted by molar-refractivity contribution is 0.415. The van der Waals surface area contributed by atoms with Crippen LogP contribution < -0.4 is 4.74 Å². The second-order valence-electron chi connectivity index (χ2n) is 4.15. The minimum Gasteiger partial charge on any atom is -0.497 e. The maximum absolute atomic E-state index is 5.18. The highest BCUT2D eigenvalue weighted by Crippen LogP contribution is 2.28. The second-order valence-corrected chi connectivity index (χ2v) is 5.80. The Labute approximate surface area is 128 Å². The molecule has 0 radical (unpaired) electrons. The summed E-state index contributed by atoms with van der Waals surface area (Å²) in [5.41, 5.74) is 3.20. The zero-order valence-corrected chi connectivity index (χ0v) is 13.5. The van der Waals surface area contributed by atoms with Gasteiger partial charge in [0.15, 0.2) is 0 Å². The summed E-state index contributed by atoms with van der Waals surface area (Å²) in [4.78, 5) is 4.54. The summed E-state index contributed by atoms with van der Waals surface area (Å²) in [6, 6.07) is 12.1. The molecule has 1 heterocycles. The number of benzene rings is 1. The molecule has 0 fully saturated rings. The van der Waals surface area contributed by atoms with Gasteiger partial charge in [-0.2, -0.15) is 0 Å². The molecule has 0 aliphatic rings. The molecule has 0 atom stereocenters. The van der Waals surface area contributed by atoms with Crippen LogP contribution in [0.1, 0.15) is 11.1 Å². The molecule has 20 heavy (non-hydrogen) atoms. The van der Waals surface area contributed by atoms with Crippen molar-refractivity contribution in [2.45, 2.75) is 10.1 Å². The van der Waals surface area contributed by atoms with Crippen molar-refractivity contribution in [1.29, 1.82) is 0 Å². The van der Waals surface area contributed by atoms with E-state index in [1.165, 1.54) is 0 Å². The van der Waals surface area contributed by atoms with Crippen molar-refractivity contribution in [3.8, 4) is 5.75 Å². The average Bonchev–Trinajstić information content (AvgIpc) is 2.53. The van der Waals surface area contributed by atoms with Crippen molar-refractivity contribution in [3.63, 3.8) is 0 Å². The highest BCUT2D eigenvalue weighted by atomic mass is 32.2. The zero-order valence-electron chi connectivity index (χ0n) is 11.8. The number of methoxy groups -OCH3 is 1. The van der Waals surface area contributed by atoms with Crippen LogP contribution in [0.2, 0.25) is 0 Å². The number of nitrogens with zero attached hydrogens (tertiary/aromatic N) is 1. The number of hydrogen-bond donors (Lipinski definition) is 0. The van der Waals surface area contributed by atoms with Gasteiger partial charge in [-0.3, -0.25) is 0 Å². The van der Waals surface area contributed by atoms with Crippen LogP contribution in [-0.2, 0) is 0 Å². The lowest BCUT2D eigenvalue weighted by Gasteiger charge is -2.10. The third-order valence-electron chi connectivity index (χ3n) is 2.98. The van der Waals surface area contributed by atoms with Gasteiger partial charge in [0.1, 0.15) is 5.75 Å².